The van der Waals surface area contributed by atoms with Gasteiger partial charge in [-0.3, -0.25) is 9.48 Å². The Morgan fingerprint density at radius 3 is 2.66 bits per heavy atom. The first-order chi connectivity index (χ1) is 14.2. The molecule has 7 nitrogen and oxygen atoms in total. The Bertz CT molecular complexity index is 883. The molecule has 1 saturated carbocycles. The van der Waals surface area contributed by atoms with E-state index < -0.39 is 0 Å². The van der Waals surface area contributed by atoms with Gasteiger partial charge in [-0.15, -0.1) is 0 Å². The maximum absolute atomic E-state index is 12.8. The van der Waals surface area contributed by atoms with Crippen LogP contribution in [0, 0.1) is 5.92 Å². The minimum absolute atomic E-state index is 0.266. The molecule has 0 bridgehead atoms. The number of hydrogen-bond donors (Lipinski definition) is 0. The molecule has 1 atom stereocenters. The summed E-state index contributed by atoms with van der Waals surface area (Å²) < 4.78 is 1.88. The minimum atomic E-state index is 0.266. The minimum Gasteiger partial charge on any atom is -0.342 e. The lowest BCUT2D eigenvalue weighted by Gasteiger charge is -2.37. The van der Waals surface area contributed by atoms with E-state index >= 15 is 0 Å². The summed E-state index contributed by atoms with van der Waals surface area (Å²) in [5, 5.41) is 4.82. The van der Waals surface area contributed by atoms with Crippen molar-refractivity contribution in [3.05, 3.63) is 24.2 Å². The van der Waals surface area contributed by atoms with Crippen LogP contribution in [0.3, 0.4) is 0 Å². The lowest BCUT2D eigenvalue weighted by atomic mass is 9.83. The fraction of sp³-hybridized carbons (Fsp3) is 0.636. The van der Waals surface area contributed by atoms with Crippen LogP contribution in [0.1, 0.15) is 56.6 Å². The van der Waals surface area contributed by atoms with Crippen molar-refractivity contribution >= 4 is 11.9 Å². The summed E-state index contributed by atoms with van der Waals surface area (Å²) in [5.74, 6) is 1.72. The van der Waals surface area contributed by atoms with E-state index in [4.69, 9.17) is 10.1 Å². The van der Waals surface area contributed by atoms with Crippen LogP contribution >= 0.6 is 0 Å². The van der Waals surface area contributed by atoms with Crippen molar-refractivity contribution in [1.82, 2.24) is 24.6 Å². The maximum Gasteiger partial charge on any atom is 0.225 e. The molecule has 29 heavy (non-hydrogen) atoms. The number of hydrogen-bond acceptors (Lipinski definition) is 5. The van der Waals surface area contributed by atoms with Crippen molar-refractivity contribution in [2.24, 2.45) is 13.0 Å². The zero-order valence-corrected chi connectivity index (χ0v) is 17.3. The smallest absolute Gasteiger partial charge is 0.225 e. The van der Waals surface area contributed by atoms with E-state index in [9.17, 15) is 4.79 Å². The highest BCUT2D eigenvalue weighted by molar-refractivity contribution is 5.79. The molecule has 0 unspecified atom stereocenters. The van der Waals surface area contributed by atoms with Gasteiger partial charge in [-0.2, -0.15) is 5.10 Å². The van der Waals surface area contributed by atoms with Gasteiger partial charge in [0.15, 0.2) is 0 Å². The average Bonchev–Trinajstić information content (AvgIpc) is 3.37. The zero-order valence-electron chi connectivity index (χ0n) is 17.3. The van der Waals surface area contributed by atoms with Gasteiger partial charge in [0.2, 0.25) is 11.9 Å². The summed E-state index contributed by atoms with van der Waals surface area (Å²) in [6.45, 7) is 3.73. The predicted octanol–water partition coefficient (Wildman–Crippen LogP) is 2.98. The summed E-state index contributed by atoms with van der Waals surface area (Å²) >= 11 is 0. The van der Waals surface area contributed by atoms with Gasteiger partial charge in [0.1, 0.15) is 0 Å². The van der Waals surface area contributed by atoms with E-state index in [0.717, 1.165) is 74.8 Å². The number of carbonyl (C=O) groups is 1. The number of aryl methyl sites for hydroxylation is 1. The normalized spacial score (nSPS) is 22.7. The first kappa shape index (κ1) is 18.6. The largest absolute Gasteiger partial charge is 0.342 e. The van der Waals surface area contributed by atoms with Crippen LogP contribution in [-0.2, 0) is 11.8 Å². The van der Waals surface area contributed by atoms with Crippen molar-refractivity contribution in [1.29, 1.82) is 0 Å². The summed E-state index contributed by atoms with van der Waals surface area (Å²) in [6.07, 6.45) is 11.8. The second kappa shape index (κ2) is 7.76. The van der Waals surface area contributed by atoms with Crippen LogP contribution in [-0.4, -0.2) is 56.7 Å². The summed E-state index contributed by atoms with van der Waals surface area (Å²) in [7, 11) is 1.97. The number of piperidine rings is 1. The summed E-state index contributed by atoms with van der Waals surface area (Å²) in [4.78, 5) is 26.5. The Morgan fingerprint density at radius 2 is 1.90 bits per heavy atom. The molecular weight excluding hydrogens is 364 g/mol. The van der Waals surface area contributed by atoms with Crippen molar-refractivity contribution < 1.29 is 4.79 Å². The molecule has 3 aliphatic rings. The number of anilines is 1. The van der Waals surface area contributed by atoms with Crippen LogP contribution < -0.4 is 4.90 Å². The van der Waals surface area contributed by atoms with Gasteiger partial charge in [0, 0.05) is 63.0 Å². The molecule has 2 saturated heterocycles. The Morgan fingerprint density at radius 1 is 1.07 bits per heavy atom. The van der Waals surface area contributed by atoms with Crippen molar-refractivity contribution in [2.75, 3.05) is 31.1 Å². The van der Waals surface area contributed by atoms with Gasteiger partial charge in [0.25, 0.3) is 0 Å². The van der Waals surface area contributed by atoms with Crippen molar-refractivity contribution in [3.63, 3.8) is 0 Å². The third-order valence-electron chi connectivity index (χ3n) is 6.74. The molecule has 4 heterocycles. The second-order valence-electron chi connectivity index (χ2n) is 8.79. The Balaban J connectivity index is 1.40. The fourth-order valence-corrected chi connectivity index (χ4v) is 4.89. The number of aromatic nitrogens is 4. The van der Waals surface area contributed by atoms with Gasteiger partial charge < -0.3 is 9.80 Å². The number of amides is 1. The first-order valence-corrected chi connectivity index (χ1v) is 11.1. The number of rotatable bonds is 4. The molecular formula is C22H30N6O. The number of nitrogens with zero attached hydrogens (tertiary/aromatic N) is 6. The van der Waals surface area contributed by atoms with Crippen LogP contribution in [0.5, 0.6) is 0 Å². The zero-order chi connectivity index (χ0) is 19.8. The monoisotopic (exact) mass is 394 g/mol. The molecule has 0 aromatic carbocycles. The highest BCUT2D eigenvalue weighted by Crippen LogP contribution is 2.35. The van der Waals surface area contributed by atoms with Gasteiger partial charge in [0.05, 0.1) is 11.4 Å². The van der Waals surface area contributed by atoms with Crippen molar-refractivity contribution in [3.8, 4) is 11.3 Å². The molecule has 0 spiro atoms. The van der Waals surface area contributed by atoms with E-state index in [1.165, 1.54) is 19.3 Å². The summed E-state index contributed by atoms with van der Waals surface area (Å²) in [6, 6.07) is 1.99. The molecule has 1 amide bonds. The highest BCUT2D eigenvalue weighted by atomic mass is 16.2. The molecule has 2 aromatic heterocycles. The Hall–Kier alpha value is -2.44. The van der Waals surface area contributed by atoms with Crippen molar-refractivity contribution in [2.45, 2.75) is 50.9 Å². The van der Waals surface area contributed by atoms with Crippen LogP contribution in [0.15, 0.2) is 18.5 Å². The van der Waals surface area contributed by atoms with Crippen LogP contribution in [0.2, 0.25) is 0 Å². The van der Waals surface area contributed by atoms with Crippen LogP contribution in [0.4, 0.5) is 5.95 Å². The number of carbonyl (C=O) groups excluding carboxylic acids is 1. The average molecular weight is 395 g/mol. The SMILES string of the molecule is Cn1cc(-c2ccnc(N3CCCC3)n2)c([C@@H]2CCCN(C(=O)C3CCC3)C2)n1. The molecule has 0 radical (unpaired) electrons. The molecule has 3 fully saturated rings. The molecule has 5 rings (SSSR count). The van der Waals surface area contributed by atoms with Crippen LogP contribution in [0.25, 0.3) is 11.3 Å². The molecule has 0 N–H and O–H groups in total. The molecule has 2 aliphatic heterocycles. The molecule has 154 valence electrons. The van der Waals surface area contributed by atoms with Gasteiger partial charge in [-0.25, -0.2) is 9.97 Å². The Kier molecular flexibility index (Phi) is 4.97. The second-order valence-corrected chi connectivity index (χ2v) is 8.79. The topological polar surface area (TPSA) is 67.2 Å². The quantitative estimate of drug-likeness (QED) is 0.798. The van der Waals surface area contributed by atoms with Gasteiger partial charge in [-0.05, 0) is 44.6 Å². The van der Waals surface area contributed by atoms with E-state index in [-0.39, 0.29) is 11.8 Å². The van der Waals surface area contributed by atoms with E-state index in [0.29, 0.717) is 5.91 Å². The first-order valence-electron chi connectivity index (χ1n) is 11.1. The predicted molar refractivity (Wildman–Crippen MR) is 112 cm³/mol. The molecule has 7 heteroatoms. The third kappa shape index (κ3) is 3.63. The van der Waals surface area contributed by atoms with Gasteiger partial charge in [-0.1, -0.05) is 6.42 Å². The maximum atomic E-state index is 12.8. The molecule has 2 aromatic rings. The third-order valence-corrected chi connectivity index (χ3v) is 6.74. The number of likely N-dealkylation sites (tertiary alicyclic amines) is 1. The van der Waals surface area contributed by atoms with Gasteiger partial charge >= 0.3 is 0 Å². The van der Waals surface area contributed by atoms with E-state index in [2.05, 4.69) is 21.0 Å². The lowest BCUT2D eigenvalue weighted by molar-refractivity contribution is -0.139. The van der Waals surface area contributed by atoms with E-state index in [1.54, 1.807) is 0 Å². The Labute approximate surface area is 172 Å². The van der Waals surface area contributed by atoms with E-state index in [1.807, 2.05) is 24.0 Å². The fourth-order valence-electron chi connectivity index (χ4n) is 4.89. The lowest BCUT2D eigenvalue weighted by Crippen LogP contribution is -2.44. The standard InChI is InChI=1S/C22H30N6O/c1-26-15-18(19-9-10-23-22(24-19)27-11-2-3-12-27)20(25-26)17-8-5-13-28(14-17)21(29)16-6-4-7-16/h9-10,15-17H,2-8,11-14H2,1H3/t17-/m1/s1. The molecule has 1 aliphatic carbocycles. The summed E-state index contributed by atoms with van der Waals surface area (Å²) in [5.41, 5.74) is 3.09. The highest BCUT2D eigenvalue weighted by Gasteiger charge is 2.34.